The standard InChI is InChI=1S/C24H37N3O2S/c1-7-18-12-19(24(4,5)22-15-25-17(3)30-22)14-20(13-18)26-23(28)16(2)27(6)21-8-10-29-11-9-21/h12,14-16,18,21H,7-11,13H2,1-6H3,(H,26,28). The van der Waals surface area contributed by atoms with E-state index in [0.717, 1.165) is 49.6 Å². The number of hydrogen-bond acceptors (Lipinski definition) is 5. The van der Waals surface area contributed by atoms with Gasteiger partial charge in [-0.2, -0.15) is 0 Å². The summed E-state index contributed by atoms with van der Waals surface area (Å²) in [6, 6.07) is 0.243. The molecular formula is C24H37N3O2S. The highest BCUT2D eigenvalue weighted by Crippen LogP contribution is 2.39. The van der Waals surface area contributed by atoms with Gasteiger partial charge in [-0.1, -0.05) is 26.8 Å². The summed E-state index contributed by atoms with van der Waals surface area (Å²) in [5.74, 6) is 0.523. The van der Waals surface area contributed by atoms with Crippen LogP contribution in [0.15, 0.2) is 29.6 Å². The van der Waals surface area contributed by atoms with Gasteiger partial charge in [0.05, 0.1) is 11.0 Å². The van der Waals surface area contributed by atoms with Crippen molar-refractivity contribution < 1.29 is 9.53 Å². The van der Waals surface area contributed by atoms with Crippen molar-refractivity contribution in [3.8, 4) is 0 Å². The number of aromatic nitrogens is 1. The van der Waals surface area contributed by atoms with Gasteiger partial charge in [0.2, 0.25) is 5.91 Å². The Hall–Kier alpha value is -1.50. The van der Waals surface area contributed by atoms with Crippen molar-refractivity contribution in [3.05, 3.63) is 39.5 Å². The summed E-state index contributed by atoms with van der Waals surface area (Å²) >= 11 is 1.75. The topological polar surface area (TPSA) is 54.5 Å². The molecule has 0 radical (unpaired) electrons. The molecule has 1 aliphatic heterocycles. The Morgan fingerprint density at radius 3 is 2.70 bits per heavy atom. The van der Waals surface area contributed by atoms with Gasteiger partial charge in [-0.05, 0) is 64.1 Å². The molecule has 1 amide bonds. The van der Waals surface area contributed by atoms with E-state index in [0.29, 0.717) is 12.0 Å². The Morgan fingerprint density at radius 2 is 2.10 bits per heavy atom. The van der Waals surface area contributed by atoms with E-state index in [4.69, 9.17) is 4.74 Å². The first-order chi connectivity index (χ1) is 14.2. The summed E-state index contributed by atoms with van der Waals surface area (Å²) in [4.78, 5) is 21.0. The molecule has 0 saturated carbocycles. The van der Waals surface area contributed by atoms with Gasteiger partial charge in [-0.25, -0.2) is 4.98 Å². The number of carbonyl (C=O) groups is 1. The van der Waals surface area contributed by atoms with E-state index >= 15 is 0 Å². The van der Waals surface area contributed by atoms with Gasteiger partial charge in [0.1, 0.15) is 0 Å². The van der Waals surface area contributed by atoms with E-state index in [1.165, 1.54) is 10.5 Å². The lowest BCUT2D eigenvalue weighted by atomic mass is 9.77. The smallest absolute Gasteiger partial charge is 0.241 e. The van der Waals surface area contributed by atoms with Gasteiger partial charge in [0, 0.05) is 41.4 Å². The molecule has 6 heteroatoms. The maximum atomic E-state index is 13.1. The molecule has 1 aliphatic carbocycles. The Balaban J connectivity index is 1.74. The van der Waals surface area contributed by atoms with Gasteiger partial charge in [-0.15, -0.1) is 11.3 Å². The van der Waals surface area contributed by atoms with Crippen LogP contribution < -0.4 is 5.32 Å². The number of rotatable bonds is 7. The number of nitrogens with one attached hydrogen (secondary N) is 1. The van der Waals surface area contributed by atoms with Crippen LogP contribution in [0, 0.1) is 12.8 Å². The van der Waals surface area contributed by atoms with Gasteiger partial charge in [0.15, 0.2) is 0 Å². The number of thiazole rings is 1. The monoisotopic (exact) mass is 431 g/mol. The Morgan fingerprint density at radius 1 is 1.40 bits per heavy atom. The van der Waals surface area contributed by atoms with Gasteiger partial charge < -0.3 is 10.1 Å². The predicted molar refractivity (Wildman–Crippen MR) is 124 cm³/mol. The second-order valence-electron chi connectivity index (χ2n) is 9.21. The number of allylic oxidation sites excluding steroid dienone is 4. The quantitative estimate of drug-likeness (QED) is 0.686. The lowest BCUT2D eigenvalue weighted by Gasteiger charge is -2.35. The molecule has 0 spiro atoms. The largest absolute Gasteiger partial charge is 0.381 e. The van der Waals surface area contributed by atoms with Crippen LogP contribution in [-0.4, -0.2) is 48.1 Å². The summed E-state index contributed by atoms with van der Waals surface area (Å²) in [6.07, 6.45) is 10.5. The molecule has 0 aromatic carbocycles. The van der Waals surface area contributed by atoms with Crippen molar-refractivity contribution in [2.45, 2.75) is 77.8 Å². The fraction of sp³-hybridized carbons (Fsp3) is 0.667. The number of hydrogen-bond donors (Lipinski definition) is 1. The van der Waals surface area contributed by atoms with E-state index in [9.17, 15) is 4.79 Å². The second-order valence-corrected chi connectivity index (χ2v) is 10.4. The molecule has 166 valence electrons. The molecule has 0 bridgehead atoms. The molecule has 2 atom stereocenters. The van der Waals surface area contributed by atoms with E-state index in [1.54, 1.807) is 11.3 Å². The van der Waals surface area contributed by atoms with Crippen LogP contribution in [0.4, 0.5) is 0 Å². The van der Waals surface area contributed by atoms with E-state index in [1.807, 2.05) is 20.0 Å². The first-order valence-electron chi connectivity index (χ1n) is 11.2. The summed E-state index contributed by atoms with van der Waals surface area (Å²) in [5, 5.41) is 4.34. The van der Waals surface area contributed by atoms with Crippen LogP contribution in [0.5, 0.6) is 0 Å². The van der Waals surface area contributed by atoms with Crippen molar-refractivity contribution in [3.63, 3.8) is 0 Å². The number of amides is 1. The third kappa shape index (κ3) is 5.21. The molecule has 30 heavy (non-hydrogen) atoms. The number of nitrogens with zero attached hydrogens (tertiary/aromatic N) is 2. The van der Waals surface area contributed by atoms with E-state index < -0.39 is 0 Å². The van der Waals surface area contributed by atoms with Crippen LogP contribution in [0.2, 0.25) is 0 Å². The molecule has 1 fully saturated rings. The molecule has 5 nitrogen and oxygen atoms in total. The minimum Gasteiger partial charge on any atom is -0.381 e. The van der Waals surface area contributed by atoms with Crippen LogP contribution >= 0.6 is 11.3 Å². The number of carbonyl (C=O) groups excluding carboxylic acids is 1. The molecule has 2 heterocycles. The Bertz CT molecular complexity index is 805. The first kappa shape index (κ1) is 23.2. The van der Waals surface area contributed by atoms with Gasteiger partial charge >= 0.3 is 0 Å². The Labute approximate surface area is 185 Å². The highest BCUT2D eigenvalue weighted by molar-refractivity contribution is 7.11. The molecule has 2 aliphatic rings. The zero-order valence-electron chi connectivity index (χ0n) is 19.3. The third-order valence-electron chi connectivity index (χ3n) is 6.75. The number of ether oxygens (including phenoxy) is 1. The normalized spacial score (nSPS) is 21.9. The number of likely N-dealkylation sites (N-methyl/N-ethyl adjacent to an activating group) is 1. The SMILES string of the molecule is CCC1C=C(C(C)(C)c2cnc(C)s2)C=C(NC(=O)C(C)N(C)C2CCOCC2)C1. The molecule has 1 aromatic heterocycles. The van der Waals surface area contributed by atoms with Crippen molar-refractivity contribution >= 4 is 17.2 Å². The summed E-state index contributed by atoms with van der Waals surface area (Å²) in [6.45, 7) is 12.3. The summed E-state index contributed by atoms with van der Waals surface area (Å²) in [7, 11) is 2.06. The van der Waals surface area contributed by atoms with Crippen molar-refractivity contribution in [1.29, 1.82) is 0 Å². The van der Waals surface area contributed by atoms with Gasteiger partial charge in [0.25, 0.3) is 0 Å². The summed E-state index contributed by atoms with van der Waals surface area (Å²) < 4.78 is 5.47. The predicted octanol–water partition coefficient (Wildman–Crippen LogP) is 4.58. The van der Waals surface area contributed by atoms with E-state index in [-0.39, 0.29) is 17.4 Å². The second kappa shape index (κ2) is 9.75. The van der Waals surface area contributed by atoms with Crippen LogP contribution in [0.1, 0.15) is 63.3 Å². The molecule has 1 N–H and O–H groups in total. The maximum absolute atomic E-state index is 13.1. The Kier molecular flexibility index (Phi) is 7.53. The van der Waals surface area contributed by atoms with Crippen LogP contribution in [-0.2, 0) is 14.9 Å². The summed E-state index contributed by atoms with van der Waals surface area (Å²) in [5.41, 5.74) is 2.18. The highest BCUT2D eigenvalue weighted by atomic mass is 32.1. The molecule has 1 saturated heterocycles. The molecule has 1 aromatic rings. The fourth-order valence-electron chi connectivity index (χ4n) is 4.28. The van der Waals surface area contributed by atoms with Crippen LogP contribution in [0.25, 0.3) is 0 Å². The molecule has 3 rings (SSSR count). The molecular weight excluding hydrogens is 394 g/mol. The van der Waals surface area contributed by atoms with Crippen molar-refractivity contribution in [1.82, 2.24) is 15.2 Å². The first-order valence-corrected chi connectivity index (χ1v) is 12.0. The van der Waals surface area contributed by atoms with Crippen LogP contribution in [0.3, 0.4) is 0 Å². The number of aryl methyl sites for hydroxylation is 1. The maximum Gasteiger partial charge on any atom is 0.241 e. The zero-order valence-corrected chi connectivity index (χ0v) is 20.1. The fourth-order valence-corrected chi connectivity index (χ4v) is 5.18. The molecule has 2 unspecified atom stereocenters. The van der Waals surface area contributed by atoms with Crippen molar-refractivity contribution in [2.75, 3.05) is 20.3 Å². The zero-order chi connectivity index (χ0) is 21.9. The van der Waals surface area contributed by atoms with Gasteiger partial charge in [-0.3, -0.25) is 9.69 Å². The lowest BCUT2D eigenvalue weighted by Crippen LogP contribution is -2.49. The highest BCUT2D eigenvalue weighted by Gasteiger charge is 2.31. The average Bonchev–Trinajstić information content (AvgIpc) is 3.20. The minimum absolute atomic E-state index is 0.0813. The average molecular weight is 432 g/mol. The van der Waals surface area contributed by atoms with Crippen molar-refractivity contribution in [2.24, 2.45) is 5.92 Å². The minimum atomic E-state index is -0.166. The third-order valence-corrected chi connectivity index (χ3v) is 7.99. The van der Waals surface area contributed by atoms with E-state index in [2.05, 4.69) is 55.2 Å². The lowest BCUT2D eigenvalue weighted by molar-refractivity contribution is -0.126.